The molecule has 0 aliphatic heterocycles. The van der Waals surface area contributed by atoms with Crippen molar-refractivity contribution in [3.63, 3.8) is 0 Å². The minimum absolute atomic E-state index is 0.147. The van der Waals surface area contributed by atoms with Crippen LogP contribution in [-0.2, 0) is 17.6 Å². The van der Waals surface area contributed by atoms with Crippen LogP contribution in [0.25, 0.3) is 10.9 Å². The van der Waals surface area contributed by atoms with Crippen LogP contribution in [0.4, 0.5) is 0 Å². The first-order chi connectivity index (χ1) is 10.2. The van der Waals surface area contributed by atoms with Gasteiger partial charge in [-0.15, -0.1) is 0 Å². The van der Waals surface area contributed by atoms with Gasteiger partial charge in [0.25, 0.3) is 0 Å². The van der Waals surface area contributed by atoms with Gasteiger partial charge in [0.15, 0.2) is 5.78 Å². The fourth-order valence-electron chi connectivity index (χ4n) is 2.54. The average molecular weight is 279 g/mol. The molecule has 1 heterocycles. The molecule has 0 spiro atoms. The molecule has 0 aliphatic carbocycles. The zero-order valence-corrected chi connectivity index (χ0v) is 11.6. The number of fused-ring (bicyclic) bond motifs is 1. The Morgan fingerprint density at radius 3 is 2.57 bits per heavy atom. The molecule has 106 valence electrons. The molecule has 0 radical (unpaired) electrons. The predicted molar refractivity (Wildman–Crippen MR) is 83.2 cm³/mol. The number of carbonyl (C=O) groups excluding carboxylic acids is 1. The smallest absolute Gasteiger partial charge is 0.165 e. The number of nitrogens with one attached hydrogen (secondary N) is 1. The highest BCUT2D eigenvalue weighted by Gasteiger charge is 2.17. The van der Waals surface area contributed by atoms with Crippen LogP contribution >= 0.6 is 0 Å². The van der Waals surface area contributed by atoms with Crippen molar-refractivity contribution in [2.75, 3.05) is 0 Å². The molecule has 0 saturated heterocycles. The molecular weight excluding hydrogens is 262 g/mol. The van der Waals surface area contributed by atoms with Gasteiger partial charge in [-0.05, 0) is 17.2 Å². The third kappa shape index (κ3) is 3.03. The molecule has 2 aromatic carbocycles. The summed E-state index contributed by atoms with van der Waals surface area (Å²) in [4.78, 5) is 15.3. The van der Waals surface area contributed by atoms with E-state index >= 15 is 0 Å². The lowest BCUT2D eigenvalue weighted by atomic mass is 10.00. The van der Waals surface area contributed by atoms with E-state index in [0.717, 1.165) is 22.0 Å². The maximum atomic E-state index is 12.1. The Morgan fingerprint density at radius 2 is 1.76 bits per heavy atom. The Kier molecular flexibility index (Phi) is 3.84. The molecule has 21 heavy (non-hydrogen) atoms. The van der Waals surface area contributed by atoms with Crippen molar-refractivity contribution in [3.8, 4) is 0 Å². The number of aromatic amines is 1. The minimum Gasteiger partial charge on any atom is -0.385 e. The quantitative estimate of drug-likeness (QED) is 0.754. The van der Waals surface area contributed by atoms with Gasteiger partial charge in [0.2, 0.25) is 0 Å². The fraction of sp³-hybridized carbons (Fsp3) is 0.167. The van der Waals surface area contributed by atoms with Crippen LogP contribution < -0.4 is 0 Å². The first-order valence-corrected chi connectivity index (χ1v) is 7.04. The lowest BCUT2D eigenvalue weighted by Gasteiger charge is -2.09. The van der Waals surface area contributed by atoms with Crippen LogP contribution in [0.5, 0.6) is 0 Å². The van der Waals surface area contributed by atoms with Gasteiger partial charge >= 0.3 is 0 Å². The zero-order valence-electron chi connectivity index (χ0n) is 11.6. The zero-order chi connectivity index (χ0) is 14.7. The van der Waals surface area contributed by atoms with Gasteiger partial charge in [-0.2, -0.15) is 0 Å². The Labute approximate surface area is 123 Å². The number of carbonyl (C=O) groups is 1. The van der Waals surface area contributed by atoms with Crippen molar-refractivity contribution in [3.05, 3.63) is 71.9 Å². The molecule has 1 aromatic heterocycles. The summed E-state index contributed by atoms with van der Waals surface area (Å²) in [5.41, 5.74) is 2.93. The highest BCUT2D eigenvalue weighted by atomic mass is 16.3. The molecule has 0 aliphatic rings. The van der Waals surface area contributed by atoms with E-state index in [-0.39, 0.29) is 12.2 Å². The largest absolute Gasteiger partial charge is 0.385 e. The highest BCUT2D eigenvalue weighted by Crippen LogP contribution is 2.19. The molecule has 0 saturated carbocycles. The number of aromatic nitrogens is 1. The van der Waals surface area contributed by atoms with Gasteiger partial charge in [-0.25, -0.2) is 0 Å². The van der Waals surface area contributed by atoms with Crippen molar-refractivity contribution in [2.45, 2.75) is 18.9 Å². The summed E-state index contributed by atoms with van der Waals surface area (Å²) in [7, 11) is 0. The molecule has 3 aromatic rings. The molecule has 3 rings (SSSR count). The molecule has 1 atom stereocenters. The van der Waals surface area contributed by atoms with Crippen LogP contribution in [0.2, 0.25) is 0 Å². The monoisotopic (exact) mass is 279 g/mol. The molecule has 3 heteroatoms. The maximum absolute atomic E-state index is 12.1. The van der Waals surface area contributed by atoms with E-state index in [4.69, 9.17) is 0 Å². The predicted octanol–water partition coefficient (Wildman–Crippen LogP) is 2.88. The molecular formula is C18H17NO2. The normalized spacial score (nSPS) is 12.4. The summed E-state index contributed by atoms with van der Waals surface area (Å²) in [6, 6.07) is 17.4. The molecule has 0 fully saturated rings. The Bertz CT molecular complexity index is 746. The third-order valence-electron chi connectivity index (χ3n) is 3.68. The number of rotatable bonds is 5. The SMILES string of the molecule is O=C(Cc1ccccc1)C(O)Cc1c[nH]c2ccccc12. The third-order valence-corrected chi connectivity index (χ3v) is 3.68. The Balaban J connectivity index is 1.71. The minimum atomic E-state index is -0.968. The summed E-state index contributed by atoms with van der Waals surface area (Å²) in [5.74, 6) is -0.147. The number of hydrogen-bond donors (Lipinski definition) is 2. The Morgan fingerprint density at radius 1 is 1.05 bits per heavy atom. The topological polar surface area (TPSA) is 53.1 Å². The van der Waals surface area contributed by atoms with Crippen molar-refractivity contribution >= 4 is 16.7 Å². The Hall–Kier alpha value is -2.39. The number of ketones is 1. The second-order valence-electron chi connectivity index (χ2n) is 5.21. The van der Waals surface area contributed by atoms with E-state index < -0.39 is 6.10 Å². The molecule has 0 amide bonds. The van der Waals surface area contributed by atoms with Gasteiger partial charge in [0.05, 0.1) is 0 Å². The molecule has 1 unspecified atom stereocenters. The molecule has 2 N–H and O–H groups in total. The van der Waals surface area contributed by atoms with Crippen LogP contribution in [0, 0.1) is 0 Å². The van der Waals surface area contributed by atoms with E-state index in [0.29, 0.717) is 6.42 Å². The first-order valence-electron chi connectivity index (χ1n) is 7.04. The van der Waals surface area contributed by atoms with Gasteiger partial charge in [-0.1, -0.05) is 48.5 Å². The van der Waals surface area contributed by atoms with Crippen LogP contribution in [0.1, 0.15) is 11.1 Å². The van der Waals surface area contributed by atoms with Gasteiger partial charge in [0.1, 0.15) is 6.10 Å². The van der Waals surface area contributed by atoms with Gasteiger partial charge in [0, 0.05) is 29.9 Å². The number of benzene rings is 2. The molecule has 0 bridgehead atoms. The maximum Gasteiger partial charge on any atom is 0.165 e. The number of H-pyrrole nitrogens is 1. The van der Waals surface area contributed by atoms with Gasteiger partial charge < -0.3 is 10.1 Å². The number of Topliss-reactive ketones (excluding diaryl/α,β-unsaturated/α-hetero) is 1. The van der Waals surface area contributed by atoms with E-state index in [1.54, 1.807) is 0 Å². The van der Waals surface area contributed by atoms with Crippen molar-refractivity contribution in [1.29, 1.82) is 0 Å². The molecule has 3 nitrogen and oxygen atoms in total. The standard InChI is InChI=1S/C18H17NO2/c20-17(10-13-6-2-1-3-7-13)18(21)11-14-12-19-16-9-5-4-8-15(14)16/h1-9,12,18-19,21H,10-11H2. The lowest BCUT2D eigenvalue weighted by molar-refractivity contribution is -0.126. The van der Waals surface area contributed by atoms with E-state index in [1.807, 2.05) is 60.8 Å². The number of para-hydroxylation sites is 1. The number of hydrogen-bond acceptors (Lipinski definition) is 2. The average Bonchev–Trinajstić information content (AvgIpc) is 2.91. The van der Waals surface area contributed by atoms with Crippen LogP contribution in [0.15, 0.2) is 60.8 Å². The summed E-state index contributed by atoms with van der Waals surface area (Å²) in [6.45, 7) is 0. The highest BCUT2D eigenvalue weighted by molar-refractivity contribution is 5.87. The summed E-state index contributed by atoms with van der Waals surface area (Å²) < 4.78 is 0. The second kappa shape index (κ2) is 5.94. The van der Waals surface area contributed by atoms with Crippen LogP contribution in [0.3, 0.4) is 0 Å². The van der Waals surface area contributed by atoms with Crippen molar-refractivity contribution < 1.29 is 9.90 Å². The summed E-state index contributed by atoms with van der Waals surface area (Å²) in [6.07, 6.45) is 1.51. The van der Waals surface area contributed by atoms with E-state index in [1.165, 1.54) is 0 Å². The lowest BCUT2D eigenvalue weighted by Crippen LogP contribution is -2.24. The van der Waals surface area contributed by atoms with Crippen LogP contribution in [-0.4, -0.2) is 22.0 Å². The van der Waals surface area contributed by atoms with Gasteiger partial charge in [-0.3, -0.25) is 4.79 Å². The van der Waals surface area contributed by atoms with E-state index in [9.17, 15) is 9.90 Å². The van der Waals surface area contributed by atoms with E-state index in [2.05, 4.69) is 4.98 Å². The van der Waals surface area contributed by atoms with Crippen molar-refractivity contribution in [1.82, 2.24) is 4.98 Å². The van der Waals surface area contributed by atoms with Crippen molar-refractivity contribution in [2.24, 2.45) is 0 Å². The number of aliphatic hydroxyl groups is 1. The summed E-state index contributed by atoms with van der Waals surface area (Å²) in [5, 5.41) is 11.2. The fourth-order valence-corrected chi connectivity index (χ4v) is 2.54. The summed E-state index contributed by atoms with van der Waals surface area (Å²) >= 11 is 0. The first kappa shape index (κ1) is 13.6. The number of aliphatic hydroxyl groups excluding tert-OH is 1. The second-order valence-corrected chi connectivity index (χ2v) is 5.21.